The molecular weight excluding hydrogens is 224 g/mol. The minimum atomic E-state index is 0.677. The van der Waals surface area contributed by atoms with Gasteiger partial charge in [0.2, 0.25) is 0 Å². The SMILES string of the molecule is Nc1ccccc1C=NN=Cc1ccccc1N. The molecule has 0 aliphatic heterocycles. The minimum absolute atomic E-state index is 0.677. The van der Waals surface area contributed by atoms with Gasteiger partial charge in [-0.15, -0.1) is 0 Å². The highest BCUT2D eigenvalue weighted by molar-refractivity contribution is 5.89. The summed E-state index contributed by atoms with van der Waals surface area (Å²) in [6, 6.07) is 14.9. The highest BCUT2D eigenvalue weighted by atomic mass is 15.2. The molecule has 0 aliphatic rings. The van der Waals surface area contributed by atoms with Crippen molar-refractivity contribution >= 4 is 23.8 Å². The fourth-order valence-electron chi connectivity index (χ4n) is 1.45. The van der Waals surface area contributed by atoms with E-state index < -0.39 is 0 Å². The van der Waals surface area contributed by atoms with E-state index in [0.717, 1.165) is 11.1 Å². The second-order valence-corrected chi connectivity index (χ2v) is 3.75. The average molecular weight is 238 g/mol. The second kappa shape index (κ2) is 5.63. The van der Waals surface area contributed by atoms with Crippen LogP contribution >= 0.6 is 0 Å². The lowest BCUT2D eigenvalue weighted by atomic mass is 10.2. The van der Waals surface area contributed by atoms with Gasteiger partial charge in [-0.3, -0.25) is 0 Å². The lowest BCUT2D eigenvalue weighted by Gasteiger charge is -1.97. The van der Waals surface area contributed by atoms with Gasteiger partial charge >= 0.3 is 0 Å². The Morgan fingerprint density at radius 1 is 0.667 bits per heavy atom. The Kier molecular flexibility index (Phi) is 3.71. The number of nitrogen functional groups attached to an aromatic ring is 2. The minimum Gasteiger partial charge on any atom is -0.398 e. The number of nitrogens with zero attached hydrogens (tertiary/aromatic N) is 2. The molecule has 0 saturated heterocycles. The summed E-state index contributed by atoms with van der Waals surface area (Å²) < 4.78 is 0. The first-order valence-electron chi connectivity index (χ1n) is 5.53. The average Bonchev–Trinajstić information content (AvgIpc) is 2.38. The van der Waals surface area contributed by atoms with Crippen LogP contribution < -0.4 is 11.5 Å². The zero-order valence-corrected chi connectivity index (χ0v) is 9.82. The van der Waals surface area contributed by atoms with Crippen LogP contribution in [0.2, 0.25) is 0 Å². The summed E-state index contributed by atoms with van der Waals surface area (Å²) in [5.74, 6) is 0. The molecule has 2 rings (SSSR count). The van der Waals surface area contributed by atoms with Crippen molar-refractivity contribution in [2.75, 3.05) is 11.5 Å². The number of benzene rings is 2. The van der Waals surface area contributed by atoms with Crippen molar-refractivity contribution in [1.82, 2.24) is 0 Å². The van der Waals surface area contributed by atoms with Crippen LogP contribution in [0.25, 0.3) is 0 Å². The number of hydrogen-bond acceptors (Lipinski definition) is 4. The Morgan fingerprint density at radius 3 is 1.44 bits per heavy atom. The number of nitrogens with two attached hydrogens (primary N) is 2. The summed E-state index contributed by atoms with van der Waals surface area (Å²) in [4.78, 5) is 0. The molecule has 0 atom stereocenters. The van der Waals surface area contributed by atoms with E-state index >= 15 is 0 Å². The van der Waals surface area contributed by atoms with Gasteiger partial charge in [-0.25, -0.2) is 0 Å². The van der Waals surface area contributed by atoms with E-state index in [9.17, 15) is 0 Å². The van der Waals surface area contributed by atoms with E-state index in [-0.39, 0.29) is 0 Å². The van der Waals surface area contributed by atoms with Crippen molar-refractivity contribution in [3.8, 4) is 0 Å². The molecule has 0 bridgehead atoms. The van der Waals surface area contributed by atoms with Crippen molar-refractivity contribution in [3.63, 3.8) is 0 Å². The third kappa shape index (κ3) is 2.95. The van der Waals surface area contributed by atoms with Crippen molar-refractivity contribution in [3.05, 3.63) is 59.7 Å². The zero-order chi connectivity index (χ0) is 12.8. The molecule has 90 valence electrons. The monoisotopic (exact) mass is 238 g/mol. The summed E-state index contributed by atoms with van der Waals surface area (Å²) in [6.45, 7) is 0. The number of hydrogen-bond donors (Lipinski definition) is 2. The predicted octanol–water partition coefficient (Wildman–Crippen LogP) is 2.30. The van der Waals surface area contributed by atoms with Crippen molar-refractivity contribution in [1.29, 1.82) is 0 Å². The smallest absolute Gasteiger partial charge is 0.0588 e. The van der Waals surface area contributed by atoms with Gasteiger partial charge in [0.05, 0.1) is 12.4 Å². The van der Waals surface area contributed by atoms with Gasteiger partial charge in [0.15, 0.2) is 0 Å². The molecule has 0 spiro atoms. The molecule has 0 heterocycles. The normalized spacial score (nSPS) is 11.3. The van der Waals surface area contributed by atoms with Gasteiger partial charge in [-0.1, -0.05) is 36.4 Å². The van der Waals surface area contributed by atoms with Crippen molar-refractivity contribution in [2.24, 2.45) is 10.2 Å². The van der Waals surface area contributed by atoms with E-state index in [4.69, 9.17) is 11.5 Å². The first-order chi connectivity index (χ1) is 8.77. The van der Waals surface area contributed by atoms with Crippen LogP contribution in [0.3, 0.4) is 0 Å². The first-order valence-corrected chi connectivity index (χ1v) is 5.53. The van der Waals surface area contributed by atoms with E-state index in [0.29, 0.717) is 11.4 Å². The highest BCUT2D eigenvalue weighted by Gasteiger charge is 1.93. The fourth-order valence-corrected chi connectivity index (χ4v) is 1.45. The Hall–Kier alpha value is -2.62. The summed E-state index contributed by atoms with van der Waals surface area (Å²) >= 11 is 0. The Bertz CT molecular complexity index is 534. The molecule has 0 aromatic heterocycles. The molecule has 2 aromatic carbocycles. The van der Waals surface area contributed by atoms with Crippen molar-refractivity contribution in [2.45, 2.75) is 0 Å². The maximum absolute atomic E-state index is 5.77. The molecule has 4 nitrogen and oxygen atoms in total. The topological polar surface area (TPSA) is 76.8 Å². The Morgan fingerprint density at radius 2 is 1.06 bits per heavy atom. The zero-order valence-electron chi connectivity index (χ0n) is 9.82. The maximum atomic E-state index is 5.77. The van der Waals surface area contributed by atoms with Gasteiger partial charge < -0.3 is 11.5 Å². The number of anilines is 2. The van der Waals surface area contributed by atoms with Crippen LogP contribution in [0.15, 0.2) is 58.7 Å². The summed E-state index contributed by atoms with van der Waals surface area (Å²) in [6.07, 6.45) is 3.23. The van der Waals surface area contributed by atoms with E-state index in [2.05, 4.69) is 10.2 Å². The van der Waals surface area contributed by atoms with Crippen LogP contribution in [0.1, 0.15) is 11.1 Å². The second-order valence-electron chi connectivity index (χ2n) is 3.75. The molecule has 18 heavy (non-hydrogen) atoms. The van der Waals surface area contributed by atoms with Gasteiger partial charge in [0.1, 0.15) is 0 Å². The lowest BCUT2D eigenvalue weighted by molar-refractivity contribution is 1.26. The number of para-hydroxylation sites is 2. The standard InChI is InChI=1S/C14H14N4/c15-13-7-3-1-5-11(13)9-17-18-10-12-6-2-4-8-14(12)16/h1-10H,15-16H2. The van der Waals surface area contributed by atoms with Crippen LogP contribution in [0.4, 0.5) is 11.4 Å². The molecule has 4 N–H and O–H groups in total. The summed E-state index contributed by atoms with van der Waals surface area (Å²) in [7, 11) is 0. The molecular formula is C14H14N4. The molecule has 2 aromatic rings. The number of rotatable bonds is 3. The lowest BCUT2D eigenvalue weighted by Crippen LogP contribution is -1.92. The van der Waals surface area contributed by atoms with E-state index in [1.807, 2.05) is 48.5 Å². The maximum Gasteiger partial charge on any atom is 0.0588 e. The summed E-state index contributed by atoms with van der Waals surface area (Å²) in [5.41, 5.74) is 14.6. The Balaban J connectivity index is 2.08. The third-order valence-corrected chi connectivity index (χ3v) is 2.45. The van der Waals surface area contributed by atoms with Crippen LogP contribution in [-0.2, 0) is 0 Å². The molecule has 4 heteroatoms. The van der Waals surface area contributed by atoms with Crippen LogP contribution in [0, 0.1) is 0 Å². The molecule has 0 fully saturated rings. The highest BCUT2D eigenvalue weighted by Crippen LogP contribution is 2.08. The molecule has 0 aliphatic carbocycles. The van der Waals surface area contributed by atoms with Gasteiger partial charge in [0.25, 0.3) is 0 Å². The van der Waals surface area contributed by atoms with Gasteiger partial charge in [-0.05, 0) is 12.1 Å². The Labute approximate surface area is 106 Å². The molecule has 0 unspecified atom stereocenters. The molecule has 0 saturated carbocycles. The van der Waals surface area contributed by atoms with E-state index in [1.165, 1.54) is 0 Å². The largest absolute Gasteiger partial charge is 0.398 e. The predicted molar refractivity (Wildman–Crippen MR) is 76.9 cm³/mol. The third-order valence-electron chi connectivity index (χ3n) is 2.45. The van der Waals surface area contributed by atoms with Gasteiger partial charge in [0, 0.05) is 22.5 Å². The summed E-state index contributed by atoms with van der Waals surface area (Å²) in [5, 5.41) is 7.90. The first kappa shape index (κ1) is 11.9. The van der Waals surface area contributed by atoms with Crippen LogP contribution in [-0.4, -0.2) is 12.4 Å². The van der Waals surface area contributed by atoms with Crippen molar-refractivity contribution < 1.29 is 0 Å². The quantitative estimate of drug-likeness (QED) is 0.489. The molecule has 0 radical (unpaired) electrons. The molecule has 0 amide bonds. The van der Waals surface area contributed by atoms with E-state index in [1.54, 1.807) is 12.4 Å². The fraction of sp³-hybridized carbons (Fsp3) is 0. The van der Waals surface area contributed by atoms with Gasteiger partial charge in [-0.2, -0.15) is 10.2 Å². The van der Waals surface area contributed by atoms with Crippen LogP contribution in [0.5, 0.6) is 0 Å².